The van der Waals surface area contributed by atoms with Gasteiger partial charge in [-0.15, -0.1) is 11.8 Å². The first kappa shape index (κ1) is 18.2. The van der Waals surface area contributed by atoms with Crippen LogP contribution in [0.3, 0.4) is 0 Å². The second-order valence-corrected chi connectivity index (χ2v) is 6.17. The Hall–Kier alpha value is -2.18. The first-order valence-corrected chi connectivity index (χ1v) is 8.64. The number of hydrogen-bond acceptors (Lipinski definition) is 5. The van der Waals surface area contributed by atoms with Crippen molar-refractivity contribution < 1.29 is 14.6 Å². The highest BCUT2D eigenvalue weighted by Crippen LogP contribution is 2.27. The zero-order chi connectivity index (χ0) is 17.4. The van der Waals surface area contributed by atoms with Crippen LogP contribution in [0.25, 0.3) is 0 Å². The highest BCUT2D eigenvalue weighted by Gasteiger charge is 2.06. The number of rotatable bonds is 7. The number of nitrogens with one attached hydrogen (secondary N) is 1. The summed E-state index contributed by atoms with van der Waals surface area (Å²) in [6.07, 6.45) is 1.37. The van der Waals surface area contributed by atoms with E-state index in [1.54, 1.807) is 18.2 Å². The Bertz CT molecular complexity index is 738. The Labute approximate surface area is 149 Å². The molecular weight excluding hydrogens is 348 g/mol. The van der Waals surface area contributed by atoms with E-state index in [0.29, 0.717) is 22.1 Å². The van der Waals surface area contributed by atoms with E-state index >= 15 is 0 Å². The predicted molar refractivity (Wildman–Crippen MR) is 98.0 cm³/mol. The summed E-state index contributed by atoms with van der Waals surface area (Å²) in [5, 5.41) is 14.4. The minimum absolute atomic E-state index is 0.0221. The number of nitrogens with zero attached hydrogens (tertiary/aromatic N) is 1. The molecule has 1 amide bonds. The largest absolute Gasteiger partial charge is 0.504 e. The number of methoxy groups -OCH3 is 1. The maximum absolute atomic E-state index is 11.8. The number of carbonyl (C=O) groups is 1. The summed E-state index contributed by atoms with van der Waals surface area (Å²) >= 11 is 7.50. The van der Waals surface area contributed by atoms with Crippen LogP contribution in [-0.4, -0.2) is 30.1 Å². The molecule has 0 atom stereocenters. The van der Waals surface area contributed by atoms with E-state index < -0.39 is 0 Å². The molecule has 0 saturated heterocycles. The number of phenols is 1. The van der Waals surface area contributed by atoms with Crippen molar-refractivity contribution in [3.05, 3.63) is 58.6 Å². The number of hydrazone groups is 1. The zero-order valence-corrected chi connectivity index (χ0v) is 14.6. The third-order valence-corrected chi connectivity index (χ3v) is 4.44. The second kappa shape index (κ2) is 9.20. The summed E-state index contributed by atoms with van der Waals surface area (Å²) < 4.78 is 5.00. The molecule has 0 unspecified atom stereocenters. The van der Waals surface area contributed by atoms with Gasteiger partial charge < -0.3 is 9.84 Å². The summed E-state index contributed by atoms with van der Waals surface area (Å²) in [5.41, 5.74) is 3.87. The number of benzene rings is 2. The van der Waals surface area contributed by atoms with Crippen LogP contribution in [-0.2, 0) is 10.5 Å². The van der Waals surface area contributed by atoms with Crippen LogP contribution in [0.2, 0.25) is 5.02 Å². The lowest BCUT2D eigenvalue weighted by atomic mass is 10.2. The predicted octanol–water partition coefficient (Wildman–Crippen LogP) is 3.44. The molecule has 2 aromatic carbocycles. The van der Waals surface area contributed by atoms with Gasteiger partial charge in [0.1, 0.15) is 0 Å². The van der Waals surface area contributed by atoms with Gasteiger partial charge in [0.2, 0.25) is 5.91 Å². The number of halogens is 1. The van der Waals surface area contributed by atoms with Gasteiger partial charge in [0, 0.05) is 16.3 Å². The lowest BCUT2D eigenvalue weighted by molar-refractivity contribution is -0.118. The fourth-order valence-electron chi connectivity index (χ4n) is 1.88. The third-order valence-electron chi connectivity index (χ3n) is 3.09. The van der Waals surface area contributed by atoms with Crippen LogP contribution in [0, 0.1) is 0 Å². The topological polar surface area (TPSA) is 70.9 Å². The van der Waals surface area contributed by atoms with E-state index in [4.69, 9.17) is 16.3 Å². The van der Waals surface area contributed by atoms with Crippen molar-refractivity contribution in [2.75, 3.05) is 12.9 Å². The molecule has 0 aliphatic rings. The lowest BCUT2D eigenvalue weighted by Gasteiger charge is -2.05. The first-order valence-electron chi connectivity index (χ1n) is 7.11. The van der Waals surface area contributed by atoms with Gasteiger partial charge in [0.25, 0.3) is 0 Å². The molecule has 2 rings (SSSR count). The average molecular weight is 365 g/mol. The number of para-hydroxylation sites is 1. The van der Waals surface area contributed by atoms with E-state index in [0.717, 1.165) is 5.56 Å². The van der Waals surface area contributed by atoms with E-state index in [2.05, 4.69) is 10.5 Å². The zero-order valence-electron chi connectivity index (χ0n) is 13.0. The van der Waals surface area contributed by atoms with Gasteiger partial charge in [-0.1, -0.05) is 35.9 Å². The van der Waals surface area contributed by atoms with Crippen LogP contribution in [0.15, 0.2) is 47.6 Å². The summed E-state index contributed by atoms with van der Waals surface area (Å²) in [7, 11) is 1.47. The van der Waals surface area contributed by atoms with Crippen molar-refractivity contribution in [2.24, 2.45) is 5.10 Å². The normalized spacial score (nSPS) is 10.8. The standard InChI is InChI=1S/C17H17ClN2O3S/c1-23-15-8-4-6-12(17(15)22)9-19-20-16(21)11-24-10-13-5-2-3-7-14(13)18/h2-9,22H,10-11H2,1H3,(H,20,21)/b19-9-. The van der Waals surface area contributed by atoms with Gasteiger partial charge in [-0.3, -0.25) is 4.79 Å². The second-order valence-electron chi connectivity index (χ2n) is 4.78. The van der Waals surface area contributed by atoms with Crippen LogP contribution in [0.5, 0.6) is 11.5 Å². The number of amides is 1. The molecule has 0 bridgehead atoms. The quantitative estimate of drug-likeness (QED) is 0.583. The Morgan fingerprint density at radius 2 is 2.12 bits per heavy atom. The monoisotopic (exact) mass is 364 g/mol. The molecule has 2 N–H and O–H groups in total. The number of ether oxygens (including phenoxy) is 1. The molecule has 5 nitrogen and oxygen atoms in total. The van der Waals surface area contributed by atoms with Gasteiger partial charge in [-0.05, 0) is 23.8 Å². The molecule has 0 spiro atoms. The highest BCUT2D eigenvalue weighted by molar-refractivity contribution is 7.99. The summed E-state index contributed by atoms with van der Waals surface area (Å²) in [5.74, 6) is 0.998. The molecule has 2 aromatic rings. The van der Waals surface area contributed by atoms with Crippen molar-refractivity contribution in [1.82, 2.24) is 5.43 Å². The van der Waals surface area contributed by atoms with Gasteiger partial charge >= 0.3 is 0 Å². The van der Waals surface area contributed by atoms with Crippen molar-refractivity contribution >= 4 is 35.5 Å². The molecule has 7 heteroatoms. The molecule has 0 saturated carbocycles. The van der Waals surface area contributed by atoms with Crippen LogP contribution in [0.1, 0.15) is 11.1 Å². The third kappa shape index (κ3) is 5.18. The van der Waals surface area contributed by atoms with Gasteiger partial charge in [-0.25, -0.2) is 5.43 Å². The van der Waals surface area contributed by atoms with E-state index in [1.807, 2.05) is 24.3 Å². The van der Waals surface area contributed by atoms with E-state index in [-0.39, 0.29) is 17.4 Å². The molecular formula is C17H17ClN2O3S. The van der Waals surface area contributed by atoms with Gasteiger partial charge in [0.15, 0.2) is 11.5 Å². The summed E-state index contributed by atoms with van der Waals surface area (Å²) in [6.45, 7) is 0. The Morgan fingerprint density at radius 3 is 2.88 bits per heavy atom. The number of hydrogen-bond donors (Lipinski definition) is 2. The maximum atomic E-state index is 11.8. The summed E-state index contributed by atoms with van der Waals surface area (Å²) in [6, 6.07) is 12.6. The smallest absolute Gasteiger partial charge is 0.250 e. The maximum Gasteiger partial charge on any atom is 0.250 e. The number of phenolic OH excluding ortho intramolecular Hbond substituents is 1. The van der Waals surface area contributed by atoms with E-state index in [1.165, 1.54) is 25.1 Å². The fourth-order valence-corrected chi connectivity index (χ4v) is 2.99. The SMILES string of the molecule is COc1cccc(/C=N\NC(=O)CSCc2ccccc2Cl)c1O. The molecule has 0 aliphatic heterocycles. The minimum Gasteiger partial charge on any atom is -0.504 e. The fraction of sp³-hybridized carbons (Fsp3) is 0.176. The number of aromatic hydroxyl groups is 1. The van der Waals surface area contributed by atoms with Crippen molar-refractivity contribution in [2.45, 2.75) is 5.75 Å². The first-order chi connectivity index (χ1) is 11.6. The van der Waals surface area contributed by atoms with Crippen molar-refractivity contribution in [3.63, 3.8) is 0 Å². The number of thioether (sulfide) groups is 1. The van der Waals surface area contributed by atoms with Gasteiger partial charge in [0.05, 0.1) is 19.1 Å². The molecule has 24 heavy (non-hydrogen) atoms. The average Bonchev–Trinajstić information content (AvgIpc) is 2.58. The molecule has 0 radical (unpaired) electrons. The Balaban J connectivity index is 1.80. The molecule has 126 valence electrons. The van der Waals surface area contributed by atoms with Crippen molar-refractivity contribution in [3.8, 4) is 11.5 Å². The van der Waals surface area contributed by atoms with Crippen LogP contribution >= 0.6 is 23.4 Å². The number of carbonyl (C=O) groups excluding carboxylic acids is 1. The molecule has 0 fully saturated rings. The van der Waals surface area contributed by atoms with Gasteiger partial charge in [-0.2, -0.15) is 5.10 Å². The molecule has 0 aliphatic carbocycles. The van der Waals surface area contributed by atoms with Crippen LogP contribution in [0.4, 0.5) is 0 Å². The van der Waals surface area contributed by atoms with E-state index in [9.17, 15) is 9.90 Å². The van der Waals surface area contributed by atoms with Crippen LogP contribution < -0.4 is 10.2 Å². The van der Waals surface area contributed by atoms with Crippen molar-refractivity contribution in [1.29, 1.82) is 0 Å². The molecule has 0 heterocycles. The lowest BCUT2D eigenvalue weighted by Crippen LogP contribution is -2.19. The Morgan fingerprint density at radius 1 is 1.33 bits per heavy atom. The highest BCUT2D eigenvalue weighted by atomic mass is 35.5. The minimum atomic E-state index is -0.231. The molecule has 0 aromatic heterocycles. The Kier molecular flexibility index (Phi) is 6.96. The summed E-state index contributed by atoms with van der Waals surface area (Å²) in [4.78, 5) is 11.8.